The van der Waals surface area contributed by atoms with E-state index in [4.69, 9.17) is 4.74 Å². The predicted octanol–water partition coefficient (Wildman–Crippen LogP) is 3.65. The van der Waals surface area contributed by atoms with E-state index < -0.39 is 26.0 Å². The molecule has 196 valence electrons. The zero-order valence-electron chi connectivity index (χ0n) is 20.2. The minimum atomic E-state index is -4.05. The maximum absolute atomic E-state index is 13.1. The van der Waals surface area contributed by atoms with Crippen molar-refractivity contribution in [2.75, 3.05) is 21.9 Å². The van der Waals surface area contributed by atoms with Crippen LogP contribution in [0.1, 0.15) is 15.9 Å². The summed E-state index contributed by atoms with van der Waals surface area (Å²) in [4.78, 5) is 20.4. The summed E-state index contributed by atoms with van der Waals surface area (Å²) in [5.74, 6) is -0.306. The molecule has 3 aromatic carbocycles. The normalized spacial score (nSPS) is 11.4. The molecule has 0 saturated carbocycles. The number of carbonyl (C=O) groups is 1. The first-order chi connectivity index (χ1) is 18.1. The average Bonchev–Trinajstić information content (AvgIpc) is 2.89. The molecule has 3 N–H and O–H groups in total. The van der Waals surface area contributed by atoms with Gasteiger partial charge in [-0.1, -0.05) is 18.2 Å². The van der Waals surface area contributed by atoms with Crippen LogP contribution < -0.4 is 19.5 Å². The Kier molecular flexibility index (Phi) is 7.60. The van der Waals surface area contributed by atoms with Crippen molar-refractivity contribution >= 4 is 43.3 Å². The van der Waals surface area contributed by atoms with E-state index in [0.717, 1.165) is 0 Å². The van der Waals surface area contributed by atoms with Crippen molar-refractivity contribution in [3.63, 3.8) is 0 Å². The van der Waals surface area contributed by atoms with E-state index in [0.29, 0.717) is 17.0 Å². The van der Waals surface area contributed by atoms with Crippen LogP contribution in [0.5, 0.6) is 5.75 Å². The number of para-hydroxylation sites is 2. The van der Waals surface area contributed by atoms with Crippen molar-refractivity contribution in [3.8, 4) is 5.75 Å². The number of benzene rings is 3. The van der Waals surface area contributed by atoms with Crippen LogP contribution in [0.2, 0.25) is 0 Å². The Labute approximate surface area is 220 Å². The fraction of sp³-hybridized carbons (Fsp3) is 0.0800. The summed E-state index contributed by atoms with van der Waals surface area (Å²) < 4.78 is 61.3. The number of rotatable bonds is 9. The number of aromatic nitrogens is 2. The fourth-order valence-electron chi connectivity index (χ4n) is 3.41. The Morgan fingerprint density at radius 3 is 2.18 bits per heavy atom. The smallest absolute Gasteiger partial charge is 0.264 e. The first kappa shape index (κ1) is 26.6. The Hall–Kier alpha value is -4.49. The SMILES string of the molecule is COc1ccccc1NS(=O)(=O)c1cc(C(=O)Nc2ccc(S(=O)(=O)Nc3ncccn3)cc2)ccc1C. The second-order valence-corrected chi connectivity index (χ2v) is 11.3. The van der Waals surface area contributed by atoms with Gasteiger partial charge in [0.05, 0.1) is 22.6 Å². The van der Waals surface area contributed by atoms with Crippen LogP contribution in [0.4, 0.5) is 17.3 Å². The quantitative estimate of drug-likeness (QED) is 0.284. The van der Waals surface area contributed by atoms with Gasteiger partial charge in [0.15, 0.2) is 0 Å². The van der Waals surface area contributed by atoms with Crippen LogP contribution in [0.25, 0.3) is 0 Å². The zero-order valence-corrected chi connectivity index (χ0v) is 21.9. The van der Waals surface area contributed by atoms with Crippen molar-refractivity contribution < 1.29 is 26.4 Å². The van der Waals surface area contributed by atoms with Crippen LogP contribution in [-0.2, 0) is 20.0 Å². The molecule has 0 bridgehead atoms. The van der Waals surface area contributed by atoms with Gasteiger partial charge in [0, 0.05) is 23.6 Å². The van der Waals surface area contributed by atoms with Crippen LogP contribution >= 0.6 is 0 Å². The van der Waals surface area contributed by atoms with Crippen LogP contribution in [-0.4, -0.2) is 39.8 Å². The van der Waals surface area contributed by atoms with Crippen molar-refractivity contribution in [2.45, 2.75) is 16.7 Å². The Morgan fingerprint density at radius 2 is 1.50 bits per heavy atom. The lowest BCUT2D eigenvalue weighted by Crippen LogP contribution is -2.17. The van der Waals surface area contributed by atoms with Gasteiger partial charge in [0.2, 0.25) is 5.95 Å². The van der Waals surface area contributed by atoms with E-state index in [9.17, 15) is 21.6 Å². The molecule has 0 radical (unpaired) electrons. The molecule has 4 aromatic rings. The van der Waals surface area contributed by atoms with E-state index in [2.05, 4.69) is 24.7 Å². The second-order valence-electron chi connectivity index (χ2n) is 7.94. The molecular weight excluding hydrogens is 530 g/mol. The molecule has 0 aliphatic heterocycles. The number of methoxy groups -OCH3 is 1. The summed E-state index contributed by atoms with van der Waals surface area (Å²) in [5, 5.41) is 2.64. The summed E-state index contributed by atoms with van der Waals surface area (Å²) in [7, 11) is -6.56. The molecule has 1 heterocycles. The molecule has 1 amide bonds. The molecule has 1 aromatic heterocycles. The van der Waals surface area contributed by atoms with Gasteiger partial charge in [-0.25, -0.2) is 31.5 Å². The van der Waals surface area contributed by atoms with Gasteiger partial charge in [-0.15, -0.1) is 0 Å². The number of aryl methyl sites for hydroxylation is 1. The first-order valence-corrected chi connectivity index (χ1v) is 14.0. The van der Waals surface area contributed by atoms with Crippen molar-refractivity contribution in [3.05, 3.63) is 96.3 Å². The number of carbonyl (C=O) groups excluding carboxylic acids is 1. The van der Waals surface area contributed by atoms with E-state index in [-0.39, 0.29) is 27.0 Å². The van der Waals surface area contributed by atoms with Gasteiger partial charge in [-0.2, -0.15) is 0 Å². The van der Waals surface area contributed by atoms with Crippen molar-refractivity contribution in [2.24, 2.45) is 0 Å². The van der Waals surface area contributed by atoms with Gasteiger partial charge in [0.1, 0.15) is 5.75 Å². The number of nitrogens with one attached hydrogen (secondary N) is 3. The number of ether oxygens (including phenoxy) is 1. The van der Waals surface area contributed by atoms with E-state index in [1.54, 1.807) is 37.3 Å². The number of hydrogen-bond acceptors (Lipinski definition) is 8. The van der Waals surface area contributed by atoms with Crippen LogP contribution in [0, 0.1) is 6.92 Å². The van der Waals surface area contributed by atoms with E-state index in [1.807, 2.05) is 0 Å². The van der Waals surface area contributed by atoms with Gasteiger partial charge < -0.3 is 10.1 Å². The highest BCUT2D eigenvalue weighted by molar-refractivity contribution is 7.93. The highest BCUT2D eigenvalue weighted by atomic mass is 32.2. The molecule has 0 spiro atoms. The highest BCUT2D eigenvalue weighted by Gasteiger charge is 2.21. The molecule has 0 atom stereocenters. The summed E-state index contributed by atoms with van der Waals surface area (Å²) >= 11 is 0. The van der Waals surface area contributed by atoms with E-state index in [1.165, 1.54) is 62.0 Å². The lowest BCUT2D eigenvalue weighted by Gasteiger charge is -2.14. The Bertz CT molecular complexity index is 1680. The topological polar surface area (TPSA) is 156 Å². The molecule has 13 heteroatoms. The number of sulfonamides is 2. The van der Waals surface area contributed by atoms with Gasteiger partial charge >= 0.3 is 0 Å². The molecule has 0 saturated heterocycles. The molecular formula is C25H23N5O6S2. The number of hydrogen-bond donors (Lipinski definition) is 3. The number of anilines is 3. The third kappa shape index (κ3) is 6.07. The standard InChI is InChI=1S/C25H23N5O6S2/c1-17-8-9-18(16-23(17)38(34,35)29-21-6-3-4-7-22(21)36-2)24(31)28-19-10-12-20(13-11-19)37(32,33)30-25-26-14-5-15-27-25/h3-16,29H,1-2H3,(H,28,31)(H,26,27,30). The monoisotopic (exact) mass is 553 g/mol. The fourth-order valence-corrected chi connectivity index (χ4v) is 5.71. The minimum Gasteiger partial charge on any atom is -0.495 e. The molecule has 4 rings (SSSR count). The Morgan fingerprint density at radius 1 is 0.816 bits per heavy atom. The lowest BCUT2D eigenvalue weighted by molar-refractivity contribution is 0.102. The summed E-state index contributed by atoms with van der Waals surface area (Å²) in [5.41, 5.74) is 1.10. The van der Waals surface area contributed by atoms with Crippen LogP contribution in [0.15, 0.2) is 95.0 Å². The maximum Gasteiger partial charge on any atom is 0.264 e. The molecule has 0 fully saturated rings. The number of amides is 1. The molecule has 38 heavy (non-hydrogen) atoms. The third-order valence-electron chi connectivity index (χ3n) is 5.31. The maximum atomic E-state index is 13.1. The minimum absolute atomic E-state index is 0.0610. The van der Waals surface area contributed by atoms with E-state index >= 15 is 0 Å². The first-order valence-electron chi connectivity index (χ1n) is 11.1. The zero-order chi connectivity index (χ0) is 27.3. The van der Waals surface area contributed by atoms with Gasteiger partial charge in [-0.05, 0) is 67.1 Å². The van der Waals surface area contributed by atoms with Crippen LogP contribution in [0.3, 0.4) is 0 Å². The second kappa shape index (κ2) is 10.9. The van der Waals surface area contributed by atoms with Crippen molar-refractivity contribution in [1.82, 2.24) is 9.97 Å². The molecule has 0 aliphatic carbocycles. The molecule has 11 nitrogen and oxygen atoms in total. The predicted molar refractivity (Wildman–Crippen MR) is 142 cm³/mol. The summed E-state index contributed by atoms with van der Waals surface area (Å²) in [6.45, 7) is 1.62. The molecule has 0 aliphatic rings. The molecule has 0 unspecified atom stereocenters. The largest absolute Gasteiger partial charge is 0.495 e. The van der Waals surface area contributed by atoms with Crippen molar-refractivity contribution in [1.29, 1.82) is 0 Å². The average molecular weight is 554 g/mol. The summed E-state index contributed by atoms with van der Waals surface area (Å²) in [6.07, 6.45) is 2.81. The third-order valence-corrected chi connectivity index (χ3v) is 8.16. The Balaban J connectivity index is 1.51. The highest BCUT2D eigenvalue weighted by Crippen LogP contribution is 2.28. The lowest BCUT2D eigenvalue weighted by atomic mass is 10.1. The number of nitrogens with zero attached hydrogens (tertiary/aromatic N) is 2. The van der Waals surface area contributed by atoms with Gasteiger partial charge in [0.25, 0.3) is 26.0 Å². The summed E-state index contributed by atoms with van der Waals surface area (Å²) in [6, 6.07) is 17.8. The van der Waals surface area contributed by atoms with Gasteiger partial charge in [-0.3, -0.25) is 9.52 Å².